The third-order valence-corrected chi connectivity index (χ3v) is 4.19. The van der Waals surface area contributed by atoms with E-state index >= 15 is 0 Å². The number of hydrogen-bond donors (Lipinski definition) is 1. The van der Waals surface area contributed by atoms with E-state index in [0.29, 0.717) is 11.7 Å². The Labute approximate surface area is 122 Å². The molecule has 2 atom stereocenters. The van der Waals surface area contributed by atoms with Crippen LogP contribution in [0.25, 0.3) is 11.4 Å². The molecule has 104 valence electrons. The molecule has 0 amide bonds. The van der Waals surface area contributed by atoms with Gasteiger partial charge in [-0.15, -0.1) is 11.8 Å². The fourth-order valence-electron chi connectivity index (χ4n) is 2.28. The second-order valence-corrected chi connectivity index (χ2v) is 6.14. The van der Waals surface area contributed by atoms with Crippen LogP contribution in [0.5, 0.6) is 0 Å². The van der Waals surface area contributed by atoms with Crippen molar-refractivity contribution < 1.29 is 4.52 Å². The number of aromatic nitrogens is 2. The molecule has 1 aromatic carbocycles. The SMILES string of the molecule is CCSc1ccc(-c2noc(C3C=CC(N)C3)n2)cc1. The van der Waals surface area contributed by atoms with E-state index < -0.39 is 0 Å². The number of hydrogen-bond acceptors (Lipinski definition) is 5. The summed E-state index contributed by atoms with van der Waals surface area (Å²) in [7, 11) is 0. The molecule has 2 aromatic rings. The highest BCUT2D eigenvalue weighted by Gasteiger charge is 2.23. The van der Waals surface area contributed by atoms with E-state index in [4.69, 9.17) is 10.3 Å². The normalized spacial score (nSPS) is 21.5. The molecule has 0 bridgehead atoms. The third-order valence-electron chi connectivity index (χ3n) is 3.30. The topological polar surface area (TPSA) is 64.9 Å². The molecule has 5 heteroatoms. The van der Waals surface area contributed by atoms with Crippen LogP contribution in [0.3, 0.4) is 0 Å². The summed E-state index contributed by atoms with van der Waals surface area (Å²) < 4.78 is 5.36. The molecule has 0 aliphatic heterocycles. The van der Waals surface area contributed by atoms with Crippen molar-refractivity contribution in [1.29, 1.82) is 0 Å². The average Bonchev–Trinajstić information content (AvgIpc) is 3.09. The molecule has 0 fully saturated rings. The Balaban J connectivity index is 1.77. The highest BCUT2D eigenvalue weighted by Crippen LogP contribution is 2.28. The zero-order valence-electron chi connectivity index (χ0n) is 11.3. The molecule has 2 N–H and O–H groups in total. The summed E-state index contributed by atoms with van der Waals surface area (Å²) in [6.07, 6.45) is 4.88. The van der Waals surface area contributed by atoms with E-state index in [9.17, 15) is 0 Å². The zero-order valence-corrected chi connectivity index (χ0v) is 12.1. The summed E-state index contributed by atoms with van der Waals surface area (Å²) in [6.45, 7) is 2.14. The minimum Gasteiger partial charge on any atom is -0.338 e. The van der Waals surface area contributed by atoms with E-state index in [1.54, 1.807) is 0 Å². The van der Waals surface area contributed by atoms with Gasteiger partial charge in [0.1, 0.15) is 0 Å². The standard InChI is InChI=1S/C15H17N3OS/c1-2-20-13-7-4-10(5-8-13)14-17-15(19-18-14)11-3-6-12(16)9-11/h3-8,11-12H,2,9,16H2,1H3. The molecule has 0 radical (unpaired) electrons. The molecule has 0 saturated carbocycles. The zero-order chi connectivity index (χ0) is 13.9. The molecule has 0 spiro atoms. The number of rotatable bonds is 4. The summed E-state index contributed by atoms with van der Waals surface area (Å²) in [5.74, 6) is 2.51. The minimum absolute atomic E-state index is 0.0979. The van der Waals surface area contributed by atoms with Gasteiger partial charge >= 0.3 is 0 Å². The van der Waals surface area contributed by atoms with Gasteiger partial charge in [0, 0.05) is 16.5 Å². The third kappa shape index (κ3) is 2.78. The van der Waals surface area contributed by atoms with E-state index in [-0.39, 0.29) is 12.0 Å². The van der Waals surface area contributed by atoms with Crippen LogP contribution in [0.2, 0.25) is 0 Å². The Morgan fingerprint density at radius 2 is 2.10 bits per heavy atom. The Hall–Kier alpha value is -1.59. The largest absolute Gasteiger partial charge is 0.338 e. The van der Waals surface area contributed by atoms with Crippen LogP contribution < -0.4 is 5.73 Å². The summed E-state index contributed by atoms with van der Waals surface area (Å²) in [5.41, 5.74) is 6.82. The highest BCUT2D eigenvalue weighted by atomic mass is 32.2. The lowest BCUT2D eigenvalue weighted by molar-refractivity contribution is 0.365. The Morgan fingerprint density at radius 3 is 2.75 bits per heavy atom. The number of benzene rings is 1. The average molecular weight is 287 g/mol. The molecular formula is C15H17N3OS. The molecule has 1 aromatic heterocycles. The number of nitrogens with two attached hydrogens (primary N) is 1. The Morgan fingerprint density at radius 1 is 1.30 bits per heavy atom. The summed E-state index contributed by atoms with van der Waals surface area (Å²) in [5, 5.41) is 4.06. The smallest absolute Gasteiger partial charge is 0.233 e. The van der Waals surface area contributed by atoms with E-state index in [1.165, 1.54) is 4.90 Å². The van der Waals surface area contributed by atoms with E-state index in [0.717, 1.165) is 17.7 Å². The van der Waals surface area contributed by atoms with Crippen molar-refractivity contribution in [3.63, 3.8) is 0 Å². The number of allylic oxidation sites excluding steroid dienone is 1. The molecule has 2 unspecified atom stereocenters. The fourth-order valence-corrected chi connectivity index (χ4v) is 2.94. The predicted molar refractivity (Wildman–Crippen MR) is 80.6 cm³/mol. The first-order chi connectivity index (χ1) is 9.76. The first-order valence-corrected chi connectivity index (χ1v) is 7.75. The van der Waals surface area contributed by atoms with Crippen molar-refractivity contribution in [2.75, 3.05) is 5.75 Å². The highest BCUT2D eigenvalue weighted by molar-refractivity contribution is 7.99. The lowest BCUT2D eigenvalue weighted by Crippen LogP contribution is -2.14. The molecule has 1 aliphatic carbocycles. The van der Waals surface area contributed by atoms with Crippen LogP contribution in [0.1, 0.15) is 25.2 Å². The molecule has 1 heterocycles. The van der Waals surface area contributed by atoms with Gasteiger partial charge in [0.15, 0.2) is 0 Å². The number of nitrogens with zero attached hydrogens (tertiary/aromatic N) is 2. The van der Waals surface area contributed by atoms with Gasteiger partial charge < -0.3 is 10.3 Å². The number of thioether (sulfide) groups is 1. The van der Waals surface area contributed by atoms with Gasteiger partial charge in [0.2, 0.25) is 11.7 Å². The van der Waals surface area contributed by atoms with Gasteiger partial charge in [-0.2, -0.15) is 4.98 Å². The Kier molecular flexibility index (Phi) is 3.89. The van der Waals surface area contributed by atoms with E-state index in [2.05, 4.69) is 29.2 Å². The van der Waals surface area contributed by atoms with Gasteiger partial charge in [-0.1, -0.05) is 24.2 Å². The summed E-state index contributed by atoms with van der Waals surface area (Å²) in [6, 6.07) is 8.34. The summed E-state index contributed by atoms with van der Waals surface area (Å²) in [4.78, 5) is 5.74. The predicted octanol–water partition coefficient (Wildman–Crippen LogP) is 3.22. The molecular weight excluding hydrogens is 270 g/mol. The van der Waals surface area contributed by atoms with Gasteiger partial charge in [0.05, 0.1) is 5.92 Å². The second kappa shape index (κ2) is 5.81. The molecule has 4 nitrogen and oxygen atoms in total. The van der Waals surface area contributed by atoms with Crippen molar-refractivity contribution in [3.05, 3.63) is 42.3 Å². The first kappa shape index (κ1) is 13.4. The van der Waals surface area contributed by atoms with Gasteiger partial charge in [-0.05, 0) is 36.4 Å². The van der Waals surface area contributed by atoms with E-state index in [1.807, 2.05) is 36.0 Å². The van der Waals surface area contributed by atoms with Crippen LogP contribution in [0.15, 0.2) is 45.8 Å². The van der Waals surface area contributed by atoms with Gasteiger partial charge in [-0.3, -0.25) is 0 Å². The molecule has 20 heavy (non-hydrogen) atoms. The van der Waals surface area contributed by atoms with Crippen molar-refractivity contribution in [2.45, 2.75) is 30.2 Å². The summed E-state index contributed by atoms with van der Waals surface area (Å²) >= 11 is 1.82. The Bertz CT molecular complexity index is 606. The maximum atomic E-state index is 5.85. The first-order valence-electron chi connectivity index (χ1n) is 6.77. The van der Waals surface area contributed by atoms with Crippen molar-refractivity contribution in [1.82, 2.24) is 10.1 Å². The quantitative estimate of drug-likeness (QED) is 0.691. The fraction of sp³-hybridized carbons (Fsp3) is 0.333. The molecule has 3 rings (SSSR count). The monoisotopic (exact) mass is 287 g/mol. The van der Waals surface area contributed by atoms with Crippen LogP contribution in [-0.2, 0) is 0 Å². The maximum absolute atomic E-state index is 5.85. The lowest BCUT2D eigenvalue weighted by atomic mass is 10.1. The minimum atomic E-state index is 0.0979. The van der Waals surface area contributed by atoms with Gasteiger partial charge in [-0.25, -0.2) is 0 Å². The van der Waals surface area contributed by atoms with Crippen molar-refractivity contribution >= 4 is 11.8 Å². The van der Waals surface area contributed by atoms with Crippen LogP contribution >= 0.6 is 11.8 Å². The van der Waals surface area contributed by atoms with Crippen LogP contribution in [-0.4, -0.2) is 21.9 Å². The van der Waals surface area contributed by atoms with Crippen molar-refractivity contribution in [2.24, 2.45) is 5.73 Å². The molecule has 0 saturated heterocycles. The molecule has 1 aliphatic rings. The van der Waals surface area contributed by atoms with Crippen LogP contribution in [0.4, 0.5) is 0 Å². The van der Waals surface area contributed by atoms with Gasteiger partial charge in [0.25, 0.3) is 0 Å². The second-order valence-electron chi connectivity index (χ2n) is 4.80. The van der Waals surface area contributed by atoms with Crippen LogP contribution in [0, 0.1) is 0 Å². The maximum Gasteiger partial charge on any atom is 0.233 e. The lowest BCUT2D eigenvalue weighted by Gasteiger charge is -2.02. The van der Waals surface area contributed by atoms with Crippen molar-refractivity contribution in [3.8, 4) is 11.4 Å².